The molecule has 1 heterocycles. The first kappa shape index (κ1) is 15.0. The van der Waals surface area contributed by atoms with Gasteiger partial charge in [-0.2, -0.15) is 13.2 Å². The zero-order valence-electron chi connectivity index (χ0n) is 11.0. The van der Waals surface area contributed by atoms with Crippen molar-refractivity contribution in [2.24, 2.45) is 0 Å². The molecule has 112 valence electrons. The van der Waals surface area contributed by atoms with Crippen LogP contribution < -0.4 is 4.90 Å². The van der Waals surface area contributed by atoms with Crippen molar-refractivity contribution in [1.82, 2.24) is 0 Å². The molecule has 1 aliphatic heterocycles. The number of nitrogens with zero attached hydrogens (tertiary/aromatic N) is 1. The van der Waals surface area contributed by atoms with Crippen molar-refractivity contribution in [3.63, 3.8) is 0 Å². The molecule has 2 rings (SSSR count). The number of alkyl halides is 3. The lowest BCUT2D eigenvalue weighted by Gasteiger charge is -2.42. The first-order valence-electron chi connectivity index (χ1n) is 6.12. The third-order valence-electron chi connectivity index (χ3n) is 3.43. The summed E-state index contributed by atoms with van der Waals surface area (Å²) >= 11 is 0. The second-order valence-corrected chi connectivity index (χ2v) is 4.79. The molecule has 0 aromatic heterocycles. The molecule has 1 aromatic rings. The lowest BCUT2D eigenvalue weighted by molar-refractivity contribution is -0.183. The van der Waals surface area contributed by atoms with E-state index in [-0.39, 0.29) is 24.4 Å². The quantitative estimate of drug-likeness (QED) is 0.736. The highest BCUT2D eigenvalue weighted by molar-refractivity contribution is 5.50. The number of hydrogen-bond acceptors (Lipinski definition) is 2. The average Bonchev–Trinajstić information content (AvgIpc) is 2.33. The predicted octanol–water partition coefficient (Wildman–Crippen LogP) is 3.43. The van der Waals surface area contributed by atoms with Crippen LogP contribution >= 0.6 is 0 Å². The van der Waals surface area contributed by atoms with E-state index in [2.05, 4.69) is 0 Å². The zero-order chi connectivity index (χ0) is 15.1. The van der Waals surface area contributed by atoms with Crippen LogP contribution in [0.1, 0.15) is 12.5 Å². The highest BCUT2D eigenvalue weighted by atomic mass is 19.4. The molecule has 0 N–H and O–H groups in total. The Kier molecular flexibility index (Phi) is 3.90. The molecule has 7 heteroatoms. The van der Waals surface area contributed by atoms with Crippen molar-refractivity contribution in [3.8, 4) is 0 Å². The lowest BCUT2D eigenvalue weighted by atomic mass is 10.1. The van der Waals surface area contributed by atoms with Crippen molar-refractivity contribution in [3.05, 3.63) is 29.3 Å². The summed E-state index contributed by atoms with van der Waals surface area (Å²) in [4.78, 5) is 0.944. The second kappa shape index (κ2) is 5.20. The van der Waals surface area contributed by atoms with Crippen LogP contribution in [-0.2, 0) is 4.74 Å². The molecule has 0 radical (unpaired) electrons. The van der Waals surface area contributed by atoms with Gasteiger partial charge < -0.3 is 9.64 Å². The van der Waals surface area contributed by atoms with Gasteiger partial charge >= 0.3 is 6.18 Å². The summed E-state index contributed by atoms with van der Waals surface area (Å²) in [6, 6.07) is -0.0672. The summed E-state index contributed by atoms with van der Waals surface area (Å²) in [5.74, 6) is -1.72. The number of anilines is 1. The Bertz CT molecular complexity index is 479. The molecule has 0 bridgehead atoms. The summed E-state index contributed by atoms with van der Waals surface area (Å²) < 4.78 is 71.4. The molecule has 20 heavy (non-hydrogen) atoms. The van der Waals surface area contributed by atoms with E-state index >= 15 is 0 Å². The normalized spacial score (nSPS) is 24.1. The van der Waals surface area contributed by atoms with Gasteiger partial charge in [0, 0.05) is 17.8 Å². The monoisotopic (exact) mass is 295 g/mol. The smallest absolute Gasteiger partial charge is 0.374 e. The Morgan fingerprint density at radius 2 is 1.75 bits per heavy atom. The maximum atomic E-state index is 13.5. The Labute approximate surface area is 113 Å². The number of ether oxygens (including phenoxy) is 1. The van der Waals surface area contributed by atoms with Gasteiger partial charge in [-0.3, -0.25) is 0 Å². The zero-order valence-corrected chi connectivity index (χ0v) is 11.0. The van der Waals surface area contributed by atoms with E-state index in [4.69, 9.17) is 4.74 Å². The SMILES string of the molecule is Cc1c(F)cc(N2CCOC(C)C2C(F)(F)F)cc1F. The maximum absolute atomic E-state index is 13.5. The van der Waals surface area contributed by atoms with Crippen LogP contribution in [-0.4, -0.2) is 31.5 Å². The van der Waals surface area contributed by atoms with Gasteiger partial charge in [0.05, 0.1) is 12.7 Å². The summed E-state index contributed by atoms with van der Waals surface area (Å²) in [5, 5.41) is 0. The predicted molar refractivity (Wildman–Crippen MR) is 63.7 cm³/mol. The van der Waals surface area contributed by atoms with Gasteiger partial charge in [-0.25, -0.2) is 8.78 Å². The first-order chi connectivity index (χ1) is 9.21. The number of benzene rings is 1. The van der Waals surface area contributed by atoms with Gasteiger partial charge in [0.2, 0.25) is 0 Å². The van der Waals surface area contributed by atoms with E-state index in [1.54, 1.807) is 0 Å². The highest BCUT2D eigenvalue weighted by Crippen LogP contribution is 2.35. The lowest BCUT2D eigenvalue weighted by Crippen LogP contribution is -2.57. The van der Waals surface area contributed by atoms with Crippen molar-refractivity contribution in [2.75, 3.05) is 18.1 Å². The third kappa shape index (κ3) is 2.72. The largest absolute Gasteiger partial charge is 0.411 e. The molecule has 2 nitrogen and oxygen atoms in total. The molecular weight excluding hydrogens is 281 g/mol. The van der Waals surface area contributed by atoms with Crippen molar-refractivity contribution < 1.29 is 26.7 Å². The van der Waals surface area contributed by atoms with E-state index < -0.39 is 30.0 Å². The maximum Gasteiger partial charge on any atom is 0.411 e. The van der Waals surface area contributed by atoms with Crippen LogP contribution in [0.15, 0.2) is 12.1 Å². The van der Waals surface area contributed by atoms with Crippen LogP contribution in [0.4, 0.5) is 27.6 Å². The molecule has 1 aliphatic rings. The van der Waals surface area contributed by atoms with E-state index in [9.17, 15) is 22.0 Å². The Balaban J connectivity index is 2.43. The van der Waals surface area contributed by atoms with Crippen LogP contribution in [0.2, 0.25) is 0 Å². The van der Waals surface area contributed by atoms with Crippen LogP contribution in [0.3, 0.4) is 0 Å². The van der Waals surface area contributed by atoms with E-state index in [1.165, 1.54) is 13.8 Å². The number of halogens is 5. The van der Waals surface area contributed by atoms with Gasteiger partial charge in [0.15, 0.2) is 6.04 Å². The number of rotatable bonds is 1. The molecule has 1 saturated heterocycles. The number of hydrogen-bond donors (Lipinski definition) is 0. The van der Waals surface area contributed by atoms with Gasteiger partial charge in [0.25, 0.3) is 0 Å². The summed E-state index contributed by atoms with van der Waals surface area (Å²) in [6.45, 7) is 2.53. The molecule has 2 unspecified atom stereocenters. The molecule has 0 amide bonds. The fourth-order valence-electron chi connectivity index (χ4n) is 2.35. The molecule has 0 saturated carbocycles. The van der Waals surface area contributed by atoms with Crippen molar-refractivity contribution in [1.29, 1.82) is 0 Å². The summed E-state index contributed by atoms with van der Waals surface area (Å²) in [5.41, 5.74) is -0.332. The highest BCUT2D eigenvalue weighted by Gasteiger charge is 2.49. The first-order valence-corrected chi connectivity index (χ1v) is 6.12. The topological polar surface area (TPSA) is 12.5 Å². The van der Waals surface area contributed by atoms with Gasteiger partial charge in [-0.1, -0.05) is 0 Å². The van der Waals surface area contributed by atoms with Gasteiger partial charge in [0.1, 0.15) is 11.6 Å². The van der Waals surface area contributed by atoms with Crippen LogP contribution in [0.25, 0.3) is 0 Å². The van der Waals surface area contributed by atoms with Crippen molar-refractivity contribution in [2.45, 2.75) is 32.2 Å². The Morgan fingerprint density at radius 1 is 1.20 bits per heavy atom. The van der Waals surface area contributed by atoms with Gasteiger partial charge in [-0.15, -0.1) is 0 Å². The fourth-order valence-corrected chi connectivity index (χ4v) is 2.35. The molecule has 1 fully saturated rings. The van der Waals surface area contributed by atoms with Crippen LogP contribution in [0.5, 0.6) is 0 Å². The minimum absolute atomic E-state index is 0.0730. The average molecular weight is 295 g/mol. The van der Waals surface area contributed by atoms with E-state index in [1.807, 2.05) is 0 Å². The molecule has 1 aromatic carbocycles. The minimum atomic E-state index is -4.54. The summed E-state index contributed by atoms with van der Waals surface area (Å²) in [7, 11) is 0. The van der Waals surface area contributed by atoms with Crippen molar-refractivity contribution >= 4 is 5.69 Å². The van der Waals surface area contributed by atoms with Gasteiger partial charge in [-0.05, 0) is 26.0 Å². The molecular formula is C13H14F5NO. The summed E-state index contributed by atoms with van der Waals surface area (Å²) in [6.07, 6.45) is -5.64. The van der Waals surface area contributed by atoms with Crippen LogP contribution in [0, 0.1) is 18.6 Å². The standard InChI is InChI=1S/C13H14F5NO/c1-7-10(14)5-9(6-11(7)15)19-3-4-20-8(2)12(19)13(16,17)18/h5-6,8,12H,3-4H2,1-2H3. The fraction of sp³-hybridized carbons (Fsp3) is 0.538. The second-order valence-electron chi connectivity index (χ2n) is 4.79. The molecule has 0 aliphatic carbocycles. The van der Waals surface area contributed by atoms with E-state index in [0.717, 1.165) is 17.0 Å². The Hall–Kier alpha value is -1.37. The Morgan fingerprint density at radius 3 is 2.25 bits per heavy atom. The van der Waals surface area contributed by atoms with E-state index in [0.29, 0.717) is 0 Å². The molecule has 0 spiro atoms. The third-order valence-corrected chi connectivity index (χ3v) is 3.43. The molecule has 2 atom stereocenters. The minimum Gasteiger partial charge on any atom is -0.374 e. The number of morpholine rings is 1.